The first-order chi connectivity index (χ1) is 16.1. The maximum atomic E-state index is 12.8. The van der Waals surface area contributed by atoms with E-state index in [0.29, 0.717) is 10.9 Å². The van der Waals surface area contributed by atoms with Crippen LogP contribution in [0.5, 0.6) is 0 Å². The Hall–Kier alpha value is -3.45. The van der Waals surface area contributed by atoms with E-state index >= 15 is 0 Å². The fraction of sp³-hybridized carbons (Fsp3) is 0.231. The smallest absolute Gasteiger partial charge is 0.307 e. The molecular formula is C26H23N3O3S. The van der Waals surface area contributed by atoms with Crippen LogP contribution in [0.15, 0.2) is 88.6 Å². The molecule has 0 radical (unpaired) electrons. The Kier molecular flexibility index (Phi) is 5.96. The summed E-state index contributed by atoms with van der Waals surface area (Å²) in [5, 5.41) is 18.7. The number of carbonyl (C=O) groups is 1. The molecule has 5 rings (SSSR count). The molecule has 7 heteroatoms. The Morgan fingerprint density at radius 2 is 1.64 bits per heavy atom. The lowest BCUT2D eigenvalue weighted by Crippen LogP contribution is -2.33. The van der Waals surface area contributed by atoms with Gasteiger partial charge in [-0.05, 0) is 54.2 Å². The van der Waals surface area contributed by atoms with Crippen LogP contribution >= 0.6 is 11.8 Å². The average Bonchev–Trinajstić information content (AvgIpc) is 3.24. The molecule has 1 saturated carbocycles. The van der Waals surface area contributed by atoms with Gasteiger partial charge < -0.3 is 5.11 Å². The predicted octanol–water partition coefficient (Wildman–Crippen LogP) is 4.73. The zero-order chi connectivity index (χ0) is 22.8. The van der Waals surface area contributed by atoms with Crippen molar-refractivity contribution in [3.63, 3.8) is 0 Å². The number of aromatic nitrogens is 3. The molecule has 6 nitrogen and oxygen atoms in total. The highest BCUT2D eigenvalue weighted by molar-refractivity contribution is 8.00. The van der Waals surface area contributed by atoms with E-state index in [1.54, 1.807) is 30.0 Å². The third-order valence-corrected chi connectivity index (χ3v) is 7.68. The molecule has 0 spiro atoms. The molecule has 1 heterocycles. The molecule has 0 amide bonds. The largest absolute Gasteiger partial charge is 0.481 e. The average molecular weight is 458 g/mol. The van der Waals surface area contributed by atoms with Crippen molar-refractivity contribution in [1.29, 1.82) is 0 Å². The second-order valence-corrected chi connectivity index (χ2v) is 9.65. The summed E-state index contributed by atoms with van der Waals surface area (Å²) in [6.45, 7) is 0.262. The van der Waals surface area contributed by atoms with Crippen molar-refractivity contribution < 1.29 is 9.90 Å². The van der Waals surface area contributed by atoms with Crippen LogP contribution < -0.4 is 5.56 Å². The highest BCUT2D eigenvalue weighted by Crippen LogP contribution is 2.43. The monoisotopic (exact) mass is 457 g/mol. The summed E-state index contributed by atoms with van der Waals surface area (Å²) in [7, 11) is 0. The number of nitrogens with zero attached hydrogens (tertiary/aromatic N) is 3. The molecule has 3 aromatic carbocycles. The highest BCUT2D eigenvalue weighted by atomic mass is 32.2. The number of rotatable bonds is 6. The normalized spacial score (nSPS) is 20.2. The molecule has 1 fully saturated rings. The van der Waals surface area contributed by atoms with Crippen molar-refractivity contribution in [3.05, 3.63) is 89.2 Å². The van der Waals surface area contributed by atoms with Crippen molar-refractivity contribution in [2.75, 3.05) is 0 Å². The van der Waals surface area contributed by atoms with Crippen LogP contribution in [0.1, 0.15) is 12.8 Å². The second kappa shape index (κ2) is 9.19. The molecule has 1 N–H and O–H groups in total. The van der Waals surface area contributed by atoms with E-state index < -0.39 is 11.9 Å². The number of hydrogen-bond donors (Lipinski definition) is 1. The number of aliphatic carboxylic acids is 1. The maximum Gasteiger partial charge on any atom is 0.307 e. The molecule has 3 atom stereocenters. The van der Waals surface area contributed by atoms with E-state index in [-0.39, 0.29) is 23.3 Å². The molecule has 4 aromatic rings. The summed E-state index contributed by atoms with van der Waals surface area (Å²) in [6, 6.07) is 25.5. The lowest BCUT2D eigenvalue weighted by Gasteiger charge is -2.21. The summed E-state index contributed by atoms with van der Waals surface area (Å²) < 4.78 is 1.32. The lowest BCUT2D eigenvalue weighted by molar-refractivity contribution is -0.142. The van der Waals surface area contributed by atoms with Gasteiger partial charge in [-0.2, -0.15) is 0 Å². The van der Waals surface area contributed by atoms with Gasteiger partial charge in [-0.15, -0.1) is 16.9 Å². The molecule has 33 heavy (non-hydrogen) atoms. The first kappa shape index (κ1) is 21.4. The van der Waals surface area contributed by atoms with Crippen molar-refractivity contribution in [1.82, 2.24) is 15.0 Å². The minimum absolute atomic E-state index is 0.0563. The lowest BCUT2D eigenvalue weighted by atomic mass is 9.96. The fourth-order valence-electron chi connectivity index (χ4n) is 4.64. The summed E-state index contributed by atoms with van der Waals surface area (Å²) in [6.07, 6.45) is 1.51. The topological polar surface area (TPSA) is 85.1 Å². The molecule has 166 valence electrons. The number of carboxylic acid groups (broad SMARTS) is 1. The molecule has 0 saturated heterocycles. The third kappa shape index (κ3) is 4.41. The minimum Gasteiger partial charge on any atom is -0.481 e. The predicted molar refractivity (Wildman–Crippen MR) is 129 cm³/mol. The number of carboxylic acids is 1. The van der Waals surface area contributed by atoms with Gasteiger partial charge in [0.25, 0.3) is 5.56 Å². The number of fused-ring (bicyclic) bond motifs is 1. The van der Waals surface area contributed by atoms with Crippen LogP contribution in [0.25, 0.3) is 22.0 Å². The molecule has 1 aliphatic carbocycles. The SMILES string of the molecule is O=C(O)[C@H]1[C@H](Cn2nnc3ccccc3c2=O)CC[C@@H]1Sc1ccc(-c2ccccc2)cc1. The number of benzene rings is 3. The van der Waals surface area contributed by atoms with Gasteiger partial charge in [-0.25, -0.2) is 4.68 Å². The van der Waals surface area contributed by atoms with Gasteiger partial charge in [0.2, 0.25) is 0 Å². The van der Waals surface area contributed by atoms with E-state index in [4.69, 9.17) is 0 Å². The Morgan fingerprint density at radius 1 is 0.939 bits per heavy atom. The Labute approximate surface area is 195 Å². The van der Waals surface area contributed by atoms with Crippen molar-refractivity contribution in [2.24, 2.45) is 11.8 Å². The molecule has 1 aromatic heterocycles. The van der Waals surface area contributed by atoms with Crippen LogP contribution in [0, 0.1) is 11.8 Å². The highest BCUT2D eigenvalue weighted by Gasteiger charge is 2.42. The maximum absolute atomic E-state index is 12.8. The van der Waals surface area contributed by atoms with Gasteiger partial charge >= 0.3 is 5.97 Å². The fourth-order valence-corrected chi connectivity index (χ4v) is 6.02. The van der Waals surface area contributed by atoms with E-state index in [1.807, 2.05) is 24.3 Å². The van der Waals surface area contributed by atoms with Crippen LogP contribution in [-0.2, 0) is 11.3 Å². The Morgan fingerprint density at radius 3 is 2.39 bits per heavy atom. The van der Waals surface area contributed by atoms with Crippen molar-refractivity contribution >= 4 is 28.6 Å². The van der Waals surface area contributed by atoms with Crippen LogP contribution in [0.3, 0.4) is 0 Å². The van der Waals surface area contributed by atoms with Gasteiger partial charge in [-0.1, -0.05) is 59.8 Å². The van der Waals surface area contributed by atoms with Crippen LogP contribution in [0.2, 0.25) is 0 Å². The third-order valence-electron chi connectivity index (χ3n) is 6.30. The van der Waals surface area contributed by atoms with Gasteiger partial charge in [0.15, 0.2) is 0 Å². The second-order valence-electron chi connectivity index (χ2n) is 8.34. The van der Waals surface area contributed by atoms with Gasteiger partial charge in [0, 0.05) is 10.1 Å². The van der Waals surface area contributed by atoms with Crippen molar-refractivity contribution in [2.45, 2.75) is 29.5 Å². The summed E-state index contributed by atoms with van der Waals surface area (Å²) in [5.74, 6) is -1.54. The first-order valence-corrected chi connectivity index (χ1v) is 11.9. The molecule has 1 aliphatic rings. The van der Waals surface area contributed by atoms with Gasteiger partial charge in [0.05, 0.1) is 17.8 Å². The Balaban J connectivity index is 1.33. The van der Waals surface area contributed by atoms with Gasteiger partial charge in [-0.3, -0.25) is 9.59 Å². The summed E-state index contributed by atoms with van der Waals surface area (Å²) >= 11 is 1.61. The molecule has 0 bridgehead atoms. The van der Waals surface area contributed by atoms with Crippen LogP contribution in [-0.4, -0.2) is 31.3 Å². The first-order valence-electron chi connectivity index (χ1n) is 11.0. The molecular weight excluding hydrogens is 434 g/mol. The van der Waals surface area contributed by atoms with Gasteiger partial charge in [0.1, 0.15) is 5.52 Å². The van der Waals surface area contributed by atoms with Crippen molar-refractivity contribution in [3.8, 4) is 11.1 Å². The Bertz CT molecular complexity index is 1340. The van der Waals surface area contributed by atoms with E-state index in [2.05, 4.69) is 46.7 Å². The molecule has 0 aliphatic heterocycles. The number of thioether (sulfide) groups is 1. The summed E-state index contributed by atoms with van der Waals surface area (Å²) in [5.41, 5.74) is 2.61. The van der Waals surface area contributed by atoms with E-state index in [9.17, 15) is 14.7 Å². The zero-order valence-corrected chi connectivity index (χ0v) is 18.7. The quantitative estimate of drug-likeness (QED) is 0.451. The zero-order valence-electron chi connectivity index (χ0n) is 17.9. The van der Waals surface area contributed by atoms with E-state index in [1.165, 1.54) is 4.68 Å². The number of hydrogen-bond acceptors (Lipinski definition) is 5. The standard InChI is InChI=1S/C26H23N3O3S/c30-25-21-8-4-5-9-22(21)27-28-29(25)16-19-12-15-23(24(19)26(31)32)33-20-13-10-18(11-14-20)17-6-2-1-3-7-17/h1-11,13-14,19,23-24H,12,15-16H2,(H,31,32)/t19-,23-,24-/m0/s1. The van der Waals surface area contributed by atoms with E-state index in [0.717, 1.165) is 28.9 Å². The minimum atomic E-state index is -0.822. The van der Waals surface area contributed by atoms with Crippen LogP contribution in [0.4, 0.5) is 0 Å². The summed E-state index contributed by atoms with van der Waals surface area (Å²) in [4.78, 5) is 26.1. The molecule has 0 unspecified atom stereocenters.